The number of rotatable bonds is 9. The highest BCUT2D eigenvalue weighted by molar-refractivity contribution is 5.95. The van der Waals surface area contributed by atoms with Crippen LogP contribution in [0.5, 0.6) is 0 Å². The minimum Gasteiger partial charge on any atom is -0.462 e. The number of nitrogens with zero attached hydrogens (tertiary/aromatic N) is 2. The molecule has 1 amide bonds. The molecule has 0 spiro atoms. The lowest BCUT2D eigenvalue weighted by molar-refractivity contribution is -0.121. The lowest BCUT2D eigenvalue weighted by Crippen LogP contribution is -2.25. The number of nitrogens with one attached hydrogen (secondary N) is 1. The van der Waals surface area contributed by atoms with Gasteiger partial charge in [0.2, 0.25) is 0 Å². The molecule has 0 unspecified atom stereocenters. The Hall–Kier alpha value is -4.98. The molecule has 0 saturated heterocycles. The minimum absolute atomic E-state index is 0.0186. The highest BCUT2D eigenvalue weighted by atomic mass is 16.5. The van der Waals surface area contributed by atoms with E-state index in [1.54, 1.807) is 48.5 Å². The summed E-state index contributed by atoms with van der Waals surface area (Å²) < 4.78 is 12.9. The second-order valence-corrected chi connectivity index (χ2v) is 9.01. The zero-order chi connectivity index (χ0) is 27.2. The van der Waals surface area contributed by atoms with Crippen LogP contribution in [0.4, 0.5) is 0 Å². The molecule has 5 rings (SSSR count). The van der Waals surface area contributed by atoms with Crippen LogP contribution in [0, 0.1) is 0 Å². The van der Waals surface area contributed by atoms with Gasteiger partial charge in [0.25, 0.3) is 5.91 Å². The van der Waals surface area contributed by atoms with Crippen molar-refractivity contribution in [2.45, 2.75) is 26.3 Å². The summed E-state index contributed by atoms with van der Waals surface area (Å²) in [6.45, 7) is 2.43. The van der Waals surface area contributed by atoms with Gasteiger partial charge in [-0.2, -0.15) is 5.10 Å². The molecule has 0 aliphatic rings. The smallest absolute Gasteiger partial charge is 0.338 e. The Morgan fingerprint density at radius 2 is 1.59 bits per heavy atom. The van der Waals surface area contributed by atoms with E-state index in [1.807, 2.05) is 47.9 Å². The van der Waals surface area contributed by atoms with Crippen molar-refractivity contribution in [2.24, 2.45) is 5.10 Å². The number of amides is 1. The molecule has 0 aliphatic carbocycles. The van der Waals surface area contributed by atoms with E-state index < -0.39 is 0 Å². The average molecular weight is 522 g/mol. The van der Waals surface area contributed by atoms with Gasteiger partial charge in [-0.25, -0.2) is 10.2 Å². The molecule has 1 N–H and O–H groups in total. The van der Waals surface area contributed by atoms with E-state index in [0.29, 0.717) is 45.5 Å². The standard InChI is InChI=1S/C31H27N3O5/c1-2-3-18-38-31(37)22-14-12-21(13-15-22)28-17-16-23(39-28)19-32-33-29(35)20-34-26-10-6-4-8-24(26)30(36)25-9-5-7-11-27(25)34/h4-17,19H,2-3,18,20H2,1H3,(H,33,35)/b32-19-. The van der Waals surface area contributed by atoms with E-state index in [9.17, 15) is 14.4 Å². The number of hydrazone groups is 1. The van der Waals surface area contributed by atoms with Crippen LogP contribution in [-0.2, 0) is 16.1 Å². The number of ether oxygens (including phenoxy) is 1. The summed E-state index contributed by atoms with van der Waals surface area (Å²) >= 11 is 0. The molecular formula is C31H27N3O5. The quantitative estimate of drug-likeness (QED) is 0.0904. The summed E-state index contributed by atoms with van der Waals surface area (Å²) in [6, 6.07) is 25.0. The van der Waals surface area contributed by atoms with E-state index in [4.69, 9.17) is 9.15 Å². The molecule has 5 aromatic rings. The first-order chi connectivity index (χ1) is 19.0. The van der Waals surface area contributed by atoms with Gasteiger partial charge >= 0.3 is 5.97 Å². The van der Waals surface area contributed by atoms with Crippen LogP contribution >= 0.6 is 0 Å². The minimum atomic E-state index is -0.349. The van der Waals surface area contributed by atoms with Crippen LogP contribution < -0.4 is 10.9 Å². The van der Waals surface area contributed by atoms with E-state index in [1.165, 1.54) is 6.21 Å². The summed E-state index contributed by atoms with van der Waals surface area (Å²) in [5, 5.41) is 5.15. The van der Waals surface area contributed by atoms with Gasteiger partial charge in [0.1, 0.15) is 18.1 Å². The van der Waals surface area contributed by atoms with Crippen LogP contribution in [0.3, 0.4) is 0 Å². The second kappa shape index (κ2) is 11.6. The number of hydrogen-bond acceptors (Lipinski definition) is 6. The van der Waals surface area contributed by atoms with Crippen LogP contribution in [0.25, 0.3) is 33.1 Å². The van der Waals surface area contributed by atoms with Crippen molar-refractivity contribution in [3.05, 3.63) is 106 Å². The fourth-order valence-corrected chi connectivity index (χ4v) is 4.33. The van der Waals surface area contributed by atoms with Crippen molar-refractivity contribution in [1.82, 2.24) is 9.99 Å². The maximum absolute atomic E-state index is 12.9. The van der Waals surface area contributed by atoms with Crippen LogP contribution in [0.1, 0.15) is 35.9 Å². The maximum Gasteiger partial charge on any atom is 0.338 e. The number of hydrogen-bond donors (Lipinski definition) is 1. The molecule has 0 atom stereocenters. The molecule has 0 saturated carbocycles. The fraction of sp³-hybridized carbons (Fsp3) is 0.161. The molecule has 0 fully saturated rings. The van der Waals surface area contributed by atoms with Gasteiger partial charge in [0, 0.05) is 16.3 Å². The van der Waals surface area contributed by atoms with Crippen LogP contribution in [0.2, 0.25) is 0 Å². The third-order valence-corrected chi connectivity index (χ3v) is 6.32. The molecule has 8 heteroatoms. The van der Waals surface area contributed by atoms with Gasteiger partial charge in [-0.15, -0.1) is 0 Å². The highest BCUT2D eigenvalue weighted by Crippen LogP contribution is 2.22. The lowest BCUT2D eigenvalue weighted by Gasteiger charge is -2.14. The normalized spacial score (nSPS) is 11.3. The molecule has 196 valence electrons. The van der Waals surface area contributed by atoms with Gasteiger partial charge < -0.3 is 13.7 Å². The first kappa shape index (κ1) is 25.7. The van der Waals surface area contributed by atoms with Crippen molar-refractivity contribution in [2.75, 3.05) is 6.61 Å². The largest absolute Gasteiger partial charge is 0.462 e. The highest BCUT2D eigenvalue weighted by Gasteiger charge is 2.13. The van der Waals surface area contributed by atoms with E-state index in [2.05, 4.69) is 10.5 Å². The third kappa shape index (κ3) is 5.65. The van der Waals surface area contributed by atoms with Crippen molar-refractivity contribution in [3.8, 4) is 11.3 Å². The predicted octanol–water partition coefficient (Wildman–Crippen LogP) is 5.52. The van der Waals surface area contributed by atoms with Crippen molar-refractivity contribution in [1.29, 1.82) is 0 Å². The van der Waals surface area contributed by atoms with Crippen LogP contribution in [-0.4, -0.2) is 29.3 Å². The number of furan rings is 1. The first-order valence-corrected chi connectivity index (χ1v) is 12.7. The summed E-state index contributed by atoms with van der Waals surface area (Å²) in [4.78, 5) is 37.8. The maximum atomic E-state index is 12.9. The zero-order valence-electron chi connectivity index (χ0n) is 21.4. The molecule has 2 aromatic heterocycles. The number of fused-ring (bicyclic) bond motifs is 2. The van der Waals surface area contributed by atoms with Gasteiger partial charge in [-0.05, 0) is 55.0 Å². The molecule has 2 heterocycles. The molecule has 8 nitrogen and oxygen atoms in total. The average Bonchev–Trinajstić information content (AvgIpc) is 3.44. The SMILES string of the molecule is CCCCOC(=O)c1ccc(-c2ccc(/C=N\NC(=O)Cn3c4ccccc4c(=O)c4ccccc43)o2)cc1. The number of unbranched alkanes of at least 4 members (excludes halogenated alkanes) is 1. The first-order valence-electron chi connectivity index (χ1n) is 12.7. The van der Waals surface area contributed by atoms with Gasteiger partial charge in [-0.3, -0.25) is 9.59 Å². The Kier molecular flexibility index (Phi) is 7.63. The second-order valence-electron chi connectivity index (χ2n) is 9.01. The number of carbonyl (C=O) groups is 2. The van der Waals surface area contributed by atoms with Gasteiger partial charge in [-0.1, -0.05) is 49.7 Å². The van der Waals surface area contributed by atoms with Crippen molar-refractivity contribution < 1.29 is 18.7 Å². The topological polar surface area (TPSA) is 103 Å². The summed E-state index contributed by atoms with van der Waals surface area (Å²) in [5.41, 5.74) is 5.10. The molecule has 3 aromatic carbocycles. The number of esters is 1. The molecule has 39 heavy (non-hydrogen) atoms. The third-order valence-electron chi connectivity index (χ3n) is 6.32. The van der Waals surface area contributed by atoms with Crippen molar-refractivity contribution >= 4 is 39.9 Å². The Balaban J connectivity index is 1.25. The number of carbonyl (C=O) groups excluding carboxylic acids is 2. The van der Waals surface area contributed by atoms with Crippen LogP contribution in [0.15, 0.2) is 99.2 Å². The Bertz CT molecular complexity index is 1670. The predicted molar refractivity (Wildman–Crippen MR) is 151 cm³/mol. The number of para-hydroxylation sites is 2. The number of pyridine rings is 1. The summed E-state index contributed by atoms with van der Waals surface area (Å²) in [7, 11) is 0. The number of aromatic nitrogens is 1. The Morgan fingerprint density at radius 1 is 0.923 bits per heavy atom. The number of benzene rings is 3. The summed E-state index contributed by atoms with van der Waals surface area (Å²) in [6.07, 6.45) is 3.22. The van der Waals surface area contributed by atoms with E-state index in [-0.39, 0.29) is 23.9 Å². The molecule has 0 radical (unpaired) electrons. The summed E-state index contributed by atoms with van der Waals surface area (Å²) in [5.74, 6) is 0.354. The lowest BCUT2D eigenvalue weighted by atomic mass is 10.1. The monoisotopic (exact) mass is 521 g/mol. The Morgan fingerprint density at radius 3 is 2.26 bits per heavy atom. The fourth-order valence-electron chi connectivity index (χ4n) is 4.33. The van der Waals surface area contributed by atoms with E-state index >= 15 is 0 Å². The zero-order valence-corrected chi connectivity index (χ0v) is 21.4. The van der Waals surface area contributed by atoms with E-state index in [0.717, 1.165) is 18.4 Å². The molecule has 0 bridgehead atoms. The van der Waals surface area contributed by atoms with Gasteiger partial charge in [0.15, 0.2) is 5.43 Å². The molecular weight excluding hydrogens is 494 g/mol. The van der Waals surface area contributed by atoms with Crippen molar-refractivity contribution in [3.63, 3.8) is 0 Å². The molecule has 0 aliphatic heterocycles. The Labute approximate surface area is 224 Å². The van der Waals surface area contributed by atoms with Gasteiger partial charge in [0.05, 0.1) is 29.4 Å².